The number of hydrogen-bond donors (Lipinski definition) is 2. The summed E-state index contributed by atoms with van der Waals surface area (Å²) in [6.45, 7) is 12.0. The summed E-state index contributed by atoms with van der Waals surface area (Å²) >= 11 is 5.90. The number of benzene rings is 2. The fourth-order valence-corrected chi connectivity index (χ4v) is 3.32. The maximum Gasteiger partial charge on any atom is 0.342 e. The molecule has 0 aromatic heterocycles. The first-order valence-corrected chi connectivity index (χ1v) is 13.6. The standard InChI is InChI=1S/C25H36ClN5O3.C6H6/c1-6-19(3)8-9-20(4)16-31(28-5)25(33)30(17-24(32)34-7-2)18-29-15-14-23(27)21-10-12-22(26)13-11-21;1-2-4-6-5-3-1/h8-13,27,29H,5-7,14-18H2,1-4H3;1-6H/b19-8+,20-9+,27-23?;. The summed E-state index contributed by atoms with van der Waals surface area (Å²) in [4.78, 5) is 26.5. The van der Waals surface area contributed by atoms with Gasteiger partial charge >= 0.3 is 12.0 Å². The van der Waals surface area contributed by atoms with Gasteiger partial charge in [-0.1, -0.05) is 90.4 Å². The number of nitrogens with zero attached hydrogens (tertiary/aromatic N) is 3. The molecule has 0 bridgehead atoms. The van der Waals surface area contributed by atoms with Gasteiger partial charge in [0.1, 0.15) is 6.54 Å². The molecular weight excluding hydrogens is 526 g/mol. The molecule has 2 N–H and O–H groups in total. The highest BCUT2D eigenvalue weighted by Crippen LogP contribution is 2.11. The van der Waals surface area contributed by atoms with E-state index in [2.05, 4.69) is 24.1 Å². The first-order chi connectivity index (χ1) is 19.2. The Morgan fingerprint density at radius 1 is 1.00 bits per heavy atom. The van der Waals surface area contributed by atoms with Crippen LogP contribution >= 0.6 is 11.6 Å². The third-order valence-corrected chi connectivity index (χ3v) is 5.86. The minimum Gasteiger partial charge on any atom is -0.465 e. The number of hydrogen-bond acceptors (Lipinski definition) is 6. The normalized spacial score (nSPS) is 11.1. The second-order valence-corrected chi connectivity index (χ2v) is 9.35. The summed E-state index contributed by atoms with van der Waals surface area (Å²) in [6, 6.07) is 18.6. The Morgan fingerprint density at radius 2 is 1.57 bits per heavy atom. The largest absolute Gasteiger partial charge is 0.465 e. The van der Waals surface area contributed by atoms with Crippen LogP contribution in [0.2, 0.25) is 5.02 Å². The zero-order valence-electron chi connectivity index (χ0n) is 24.0. The quantitative estimate of drug-likeness (QED) is 0.0676. The van der Waals surface area contributed by atoms with E-state index in [1.54, 1.807) is 31.2 Å². The number of allylic oxidation sites excluding steroid dienone is 3. The molecule has 2 aromatic rings. The number of esters is 1. The van der Waals surface area contributed by atoms with Crippen LogP contribution in [0.3, 0.4) is 0 Å². The number of urea groups is 1. The number of carbonyl (C=O) groups excluding carboxylic acids is 2. The molecule has 8 nitrogen and oxygen atoms in total. The van der Waals surface area contributed by atoms with Gasteiger partial charge in [-0.2, -0.15) is 5.10 Å². The highest BCUT2D eigenvalue weighted by atomic mass is 35.5. The van der Waals surface area contributed by atoms with Crippen LogP contribution in [0, 0.1) is 5.41 Å². The van der Waals surface area contributed by atoms with Crippen molar-refractivity contribution in [1.82, 2.24) is 15.2 Å². The van der Waals surface area contributed by atoms with E-state index < -0.39 is 12.0 Å². The van der Waals surface area contributed by atoms with Crippen molar-refractivity contribution in [2.24, 2.45) is 5.10 Å². The first-order valence-electron chi connectivity index (χ1n) is 13.3. The second kappa shape index (κ2) is 20.2. The van der Waals surface area contributed by atoms with Crippen LogP contribution in [0.15, 0.2) is 89.1 Å². The summed E-state index contributed by atoms with van der Waals surface area (Å²) < 4.78 is 5.02. The van der Waals surface area contributed by atoms with Gasteiger partial charge in [0.25, 0.3) is 0 Å². The number of halogens is 1. The Kier molecular flexibility index (Phi) is 17.3. The van der Waals surface area contributed by atoms with Crippen molar-refractivity contribution in [3.8, 4) is 0 Å². The van der Waals surface area contributed by atoms with Crippen LogP contribution in [0.4, 0.5) is 4.79 Å². The molecule has 0 unspecified atom stereocenters. The molecular formula is C31H42ClN5O3. The van der Waals surface area contributed by atoms with Crippen LogP contribution < -0.4 is 5.32 Å². The van der Waals surface area contributed by atoms with Gasteiger partial charge in [0.2, 0.25) is 0 Å². The van der Waals surface area contributed by atoms with E-state index in [-0.39, 0.29) is 26.4 Å². The fourth-order valence-electron chi connectivity index (χ4n) is 3.19. The van der Waals surface area contributed by atoms with Crippen molar-refractivity contribution < 1.29 is 14.3 Å². The molecule has 2 amide bonds. The highest BCUT2D eigenvalue weighted by molar-refractivity contribution is 6.30. The van der Waals surface area contributed by atoms with E-state index >= 15 is 0 Å². The average molecular weight is 568 g/mol. The maximum absolute atomic E-state index is 13.1. The molecule has 0 saturated heterocycles. The molecule has 0 saturated carbocycles. The van der Waals surface area contributed by atoms with E-state index in [1.165, 1.54) is 15.5 Å². The van der Waals surface area contributed by atoms with Gasteiger partial charge < -0.3 is 10.1 Å². The van der Waals surface area contributed by atoms with Crippen molar-refractivity contribution in [1.29, 1.82) is 5.41 Å². The topological polar surface area (TPSA) is 98.1 Å². The summed E-state index contributed by atoms with van der Waals surface area (Å²) in [7, 11) is 0. The van der Waals surface area contributed by atoms with Crippen molar-refractivity contribution in [2.45, 2.75) is 40.5 Å². The number of ether oxygens (including phenoxy) is 1. The Bertz CT molecular complexity index is 1090. The fraction of sp³-hybridized carbons (Fsp3) is 0.355. The van der Waals surface area contributed by atoms with Gasteiger partial charge in [0.15, 0.2) is 0 Å². The average Bonchev–Trinajstić information content (AvgIpc) is 2.97. The number of hydrazone groups is 1. The predicted octanol–water partition coefficient (Wildman–Crippen LogP) is 6.54. The van der Waals surface area contributed by atoms with Crippen molar-refractivity contribution in [2.75, 3.05) is 32.9 Å². The van der Waals surface area contributed by atoms with Crippen molar-refractivity contribution in [3.63, 3.8) is 0 Å². The Hall–Kier alpha value is -3.75. The van der Waals surface area contributed by atoms with Crippen LogP contribution in [0.25, 0.3) is 0 Å². The van der Waals surface area contributed by atoms with Crippen molar-refractivity contribution in [3.05, 3.63) is 94.5 Å². The summed E-state index contributed by atoms with van der Waals surface area (Å²) in [5.74, 6) is -0.510. The van der Waals surface area contributed by atoms with E-state index in [1.807, 2.05) is 62.4 Å². The van der Waals surface area contributed by atoms with Gasteiger partial charge in [0, 0.05) is 30.4 Å². The van der Waals surface area contributed by atoms with Crippen LogP contribution in [-0.2, 0) is 9.53 Å². The summed E-state index contributed by atoms with van der Waals surface area (Å²) in [5, 5.41) is 17.0. The lowest BCUT2D eigenvalue weighted by Crippen LogP contribution is -2.48. The lowest BCUT2D eigenvalue weighted by Gasteiger charge is -2.27. The van der Waals surface area contributed by atoms with Gasteiger partial charge in [-0.05, 0) is 44.9 Å². The number of nitrogens with one attached hydrogen (secondary N) is 2. The molecule has 2 aromatic carbocycles. The molecule has 216 valence electrons. The third-order valence-electron chi connectivity index (χ3n) is 5.61. The van der Waals surface area contributed by atoms with E-state index in [9.17, 15) is 9.59 Å². The predicted molar refractivity (Wildman–Crippen MR) is 165 cm³/mol. The molecule has 0 atom stereocenters. The van der Waals surface area contributed by atoms with Gasteiger partial charge in [-0.25, -0.2) is 9.80 Å². The van der Waals surface area contributed by atoms with Crippen LogP contribution in [0.5, 0.6) is 0 Å². The number of carbonyl (C=O) groups is 2. The SMILES string of the molecule is C=NN(C/C(C)=C/C=C(\C)CC)C(=O)N(CNCCC(=N)c1ccc(Cl)cc1)CC(=O)OCC.c1ccccc1. The maximum atomic E-state index is 13.1. The molecule has 0 spiro atoms. The molecule has 0 aliphatic rings. The van der Waals surface area contributed by atoms with E-state index in [4.69, 9.17) is 21.7 Å². The second-order valence-electron chi connectivity index (χ2n) is 8.91. The van der Waals surface area contributed by atoms with Crippen LogP contribution in [0.1, 0.15) is 46.1 Å². The molecule has 0 aliphatic heterocycles. The van der Waals surface area contributed by atoms with Gasteiger partial charge in [-0.3, -0.25) is 15.0 Å². The van der Waals surface area contributed by atoms with E-state index in [0.717, 1.165) is 17.6 Å². The lowest BCUT2D eigenvalue weighted by molar-refractivity contribution is -0.143. The summed E-state index contributed by atoms with van der Waals surface area (Å²) in [6.07, 6.45) is 5.34. The Balaban J connectivity index is 0.00000117. The molecule has 40 heavy (non-hydrogen) atoms. The number of rotatable bonds is 14. The lowest BCUT2D eigenvalue weighted by atomic mass is 10.1. The Morgan fingerprint density at radius 3 is 2.10 bits per heavy atom. The van der Waals surface area contributed by atoms with Crippen LogP contribution in [-0.4, -0.2) is 67.2 Å². The monoisotopic (exact) mass is 567 g/mol. The van der Waals surface area contributed by atoms with E-state index in [0.29, 0.717) is 23.7 Å². The van der Waals surface area contributed by atoms with Gasteiger partial charge in [0.05, 0.1) is 19.8 Å². The number of amides is 2. The highest BCUT2D eigenvalue weighted by Gasteiger charge is 2.23. The third kappa shape index (κ3) is 14.4. The molecule has 0 heterocycles. The van der Waals surface area contributed by atoms with Crippen molar-refractivity contribution >= 4 is 36.0 Å². The summed E-state index contributed by atoms with van der Waals surface area (Å²) in [5.41, 5.74) is 3.37. The first kappa shape index (κ1) is 34.3. The molecule has 0 radical (unpaired) electrons. The Labute approximate surface area is 243 Å². The molecule has 0 fully saturated rings. The zero-order valence-corrected chi connectivity index (χ0v) is 24.8. The smallest absolute Gasteiger partial charge is 0.342 e. The minimum atomic E-state index is -0.510. The molecule has 2 rings (SSSR count). The molecule has 9 heteroatoms. The van der Waals surface area contributed by atoms with Gasteiger partial charge in [-0.15, -0.1) is 0 Å². The molecule has 0 aliphatic carbocycles. The zero-order chi connectivity index (χ0) is 29.8. The minimum absolute atomic E-state index is 0.0924.